The van der Waals surface area contributed by atoms with Crippen molar-refractivity contribution in [3.8, 4) is 0 Å². The summed E-state index contributed by atoms with van der Waals surface area (Å²) in [6, 6.07) is 0. The van der Waals surface area contributed by atoms with Crippen molar-refractivity contribution < 1.29 is 29.9 Å². The minimum absolute atomic E-state index is 0.0462. The van der Waals surface area contributed by atoms with Crippen LogP contribution in [0.25, 0.3) is 0 Å². The molecular weight excluding hydrogens is 324 g/mol. The first-order chi connectivity index (χ1) is 12.0. The fourth-order valence-corrected chi connectivity index (χ4v) is 3.25. The second kappa shape index (κ2) is 13.0. The van der Waals surface area contributed by atoms with Crippen molar-refractivity contribution in [3.63, 3.8) is 0 Å². The Morgan fingerprint density at radius 1 is 0.800 bits per heavy atom. The summed E-state index contributed by atoms with van der Waals surface area (Å²) in [5, 5.41) is 39.2. The third-order valence-corrected chi connectivity index (χ3v) is 4.93. The first-order valence-electron chi connectivity index (χ1n) is 10.0. The molecule has 0 aromatic rings. The van der Waals surface area contributed by atoms with E-state index < -0.39 is 37.3 Å². The van der Waals surface area contributed by atoms with Crippen molar-refractivity contribution in [2.45, 2.75) is 115 Å². The molecule has 6 heteroatoms. The van der Waals surface area contributed by atoms with Gasteiger partial charge in [0.25, 0.3) is 0 Å². The molecule has 0 amide bonds. The lowest BCUT2D eigenvalue weighted by atomic mass is 9.98. The van der Waals surface area contributed by atoms with Crippen LogP contribution in [0, 0.1) is 0 Å². The first kappa shape index (κ1) is 22.8. The van der Waals surface area contributed by atoms with Gasteiger partial charge in [-0.15, -0.1) is 0 Å². The molecule has 0 aromatic carbocycles. The number of aliphatic hydroxyl groups is 4. The summed E-state index contributed by atoms with van der Waals surface area (Å²) < 4.78 is 11.4. The smallest absolute Gasteiger partial charge is 0.186 e. The van der Waals surface area contributed by atoms with Crippen molar-refractivity contribution >= 4 is 0 Å². The molecule has 150 valence electrons. The average Bonchev–Trinajstić information content (AvgIpc) is 2.62. The summed E-state index contributed by atoms with van der Waals surface area (Å²) in [7, 11) is 0. The van der Waals surface area contributed by atoms with Crippen LogP contribution in [0.15, 0.2) is 0 Å². The number of aliphatic hydroxyl groups excluding tert-OH is 4. The lowest BCUT2D eigenvalue weighted by molar-refractivity contribution is -0.312. The quantitative estimate of drug-likeness (QED) is 0.375. The van der Waals surface area contributed by atoms with Crippen LogP contribution < -0.4 is 0 Å². The van der Waals surface area contributed by atoms with Crippen LogP contribution in [-0.2, 0) is 9.47 Å². The molecule has 0 spiro atoms. The van der Waals surface area contributed by atoms with E-state index in [1.807, 2.05) is 0 Å². The summed E-state index contributed by atoms with van der Waals surface area (Å²) >= 11 is 0. The lowest BCUT2D eigenvalue weighted by Gasteiger charge is -2.41. The standard InChI is InChI=1S/C19H38O6/c1-3-5-7-9-11-14(12-10-8-6-4-2)24-19-18(23)17(22)16(21)15(13-20)25-19/h14-23H,3-13H2,1-2H3/t15-,16-,17+,18-,19-/m1/s1. The van der Waals surface area contributed by atoms with E-state index in [1.54, 1.807) is 0 Å². The van der Waals surface area contributed by atoms with E-state index in [1.165, 1.54) is 25.7 Å². The SMILES string of the molecule is CCCCCCC(CCCCCC)O[C@@H]1O[C@H](CO)[C@@H](O)[C@H](O)[C@H]1O. The molecule has 5 atom stereocenters. The third kappa shape index (κ3) is 7.89. The van der Waals surface area contributed by atoms with Crippen molar-refractivity contribution in [2.24, 2.45) is 0 Å². The highest BCUT2D eigenvalue weighted by atomic mass is 16.7. The second-order valence-corrected chi connectivity index (χ2v) is 7.15. The van der Waals surface area contributed by atoms with Gasteiger partial charge in [0, 0.05) is 0 Å². The summed E-state index contributed by atoms with van der Waals surface area (Å²) in [5.41, 5.74) is 0. The molecule has 6 nitrogen and oxygen atoms in total. The van der Waals surface area contributed by atoms with E-state index in [9.17, 15) is 20.4 Å². The predicted molar refractivity (Wildman–Crippen MR) is 96.2 cm³/mol. The van der Waals surface area contributed by atoms with Crippen LogP contribution in [0.4, 0.5) is 0 Å². The third-order valence-electron chi connectivity index (χ3n) is 4.93. The molecule has 1 saturated heterocycles. The van der Waals surface area contributed by atoms with Crippen LogP contribution in [0.3, 0.4) is 0 Å². The van der Waals surface area contributed by atoms with E-state index in [-0.39, 0.29) is 6.10 Å². The van der Waals surface area contributed by atoms with Gasteiger partial charge in [-0.3, -0.25) is 0 Å². The maximum atomic E-state index is 10.1. The van der Waals surface area contributed by atoms with E-state index in [0.717, 1.165) is 38.5 Å². The Morgan fingerprint density at radius 3 is 1.84 bits per heavy atom. The maximum Gasteiger partial charge on any atom is 0.186 e. The molecule has 0 aliphatic carbocycles. The molecule has 1 aliphatic heterocycles. The normalized spacial score (nSPS) is 30.1. The zero-order valence-corrected chi connectivity index (χ0v) is 15.8. The Morgan fingerprint density at radius 2 is 1.36 bits per heavy atom. The van der Waals surface area contributed by atoms with E-state index in [4.69, 9.17) is 9.47 Å². The largest absolute Gasteiger partial charge is 0.394 e. The van der Waals surface area contributed by atoms with Gasteiger partial charge in [-0.25, -0.2) is 0 Å². The molecule has 1 aliphatic rings. The summed E-state index contributed by atoms with van der Waals surface area (Å²) in [5.74, 6) is 0. The molecule has 0 bridgehead atoms. The molecule has 0 aromatic heterocycles. The van der Waals surface area contributed by atoms with Gasteiger partial charge in [-0.2, -0.15) is 0 Å². The summed E-state index contributed by atoms with van der Waals surface area (Å²) in [6.07, 6.45) is 4.94. The minimum atomic E-state index is -1.38. The van der Waals surface area contributed by atoms with Crippen molar-refractivity contribution in [1.82, 2.24) is 0 Å². The van der Waals surface area contributed by atoms with Gasteiger partial charge in [-0.05, 0) is 12.8 Å². The number of hydrogen-bond donors (Lipinski definition) is 4. The number of unbranched alkanes of at least 4 members (excludes halogenated alkanes) is 6. The van der Waals surface area contributed by atoms with Gasteiger partial charge < -0.3 is 29.9 Å². The number of rotatable bonds is 13. The van der Waals surface area contributed by atoms with E-state index >= 15 is 0 Å². The highest BCUT2D eigenvalue weighted by molar-refractivity contribution is 4.89. The Balaban J connectivity index is 2.56. The predicted octanol–water partition coefficient (Wildman–Crippen LogP) is 2.11. The molecule has 4 N–H and O–H groups in total. The van der Waals surface area contributed by atoms with Crippen molar-refractivity contribution in [2.75, 3.05) is 6.61 Å². The van der Waals surface area contributed by atoms with Crippen LogP contribution in [-0.4, -0.2) is 63.8 Å². The molecule has 1 heterocycles. The zero-order valence-electron chi connectivity index (χ0n) is 15.8. The first-order valence-corrected chi connectivity index (χ1v) is 10.0. The molecule has 0 radical (unpaired) electrons. The van der Waals surface area contributed by atoms with Gasteiger partial charge in [0.05, 0.1) is 12.7 Å². The molecular formula is C19H38O6. The fourth-order valence-electron chi connectivity index (χ4n) is 3.25. The Hall–Kier alpha value is -0.240. The maximum absolute atomic E-state index is 10.1. The molecule has 1 rings (SSSR count). The highest BCUT2D eigenvalue weighted by Crippen LogP contribution is 2.25. The second-order valence-electron chi connectivity index (χ2n) is 7.15. The zero-order chi connectivity index (χ0) is 18.7. The van der Waals surface area contributed by atoms with Gasteiger partial charge in [0.15, 0.2) is 6.29 Å². The van der Waals surface area contributed by atoms with E-state index in [2.05, 4.69) is 13.8 Å². The highest BCUT2D eigenvalue weighted by Gasteiger charge is 2.44. The Kier molecular flexibility index (Phi) is 11.9. The van der Waals surface area contributed by atoms with Crippen LogP contribution in [0.5, 0.6) is 0 Å². The van der Waals surface area contributed by atoms with Gasteiger partial charge in [-0.1, -0.05) is 65.2 Å². The van der Waals surface area contributed by atoms with Crippen LogP contribution in [0.2, 0.25) is 0 Å². The lowest BCUT2D eigenvalue weighted by Crippen LogP contribution is -2.59. The van der Waals surface area contributed by atoms with Crippen LogP contribution in [0.1, 0.15) is 78.1 Å². The molecule has 0 unspecified atom stereocenters. The Bertz CT molecular complexity index is 313. The fraction of sp³-hybridized carbons (Fsp3) is 1.00. The van der Waals surface area contributed by atoms with Crippen molar-refractivity contribution in [1.29, 1.82) is 0 Å². The topological polar surface area (TPSA) is 99.4 Å². The molecule has 0 saturated carbocycles. The van der Waals surface area contributed by atoms with E-state index in [0.29, 0.717) is 0 Å². The summed E-state index contributed by atoms with van der Waals surface area (Å²) in [6.45, 7) is 3.92. The number of ether oxygens (including phenoxy) is 2. The van der Waals surface area contributed by atoms with Gasteiger partial charge in [0.1, 0.15) is 24.4 Å². The minimum Gasteiger partial charge on any atom is -0.394 e. The Labute approximate surface area is 152 Å². The van der Waals surface area contributed by atoms with Gasteiger partial charge in [0.2, 0.25) is 0 Å². The van der Waals surface area contributed by atoms with Gasteiger partial charge >= 0.3 is 0 Å². The monoisotopic (exact) mass is 362 g/mol. The van der Waals surface area contributed by atoms with Crippen molar-refractivity contribution in [3.05, 3.63) is 0 Å². The number of hydrogen-bond acceptors (Lipinski definition) is 6. The van der Waals surface area contributed by atoms with Crippen LogP contribution >= 0.6 is 0 Å². The molecule has 1 fully saturated rings. The summed E-state index contributed by atoms with van der Waals surface area (Å²) in [4.78, 5) is 0. The molecule has 25 heavy (non-hydrogen) atoms. The average molecular weight is 363 g/mol.